The fourth-order valence-corrected chi connectivity index (χ4v) is 3.86. The van der Waals surface area contributed by atoms with Crippen molar-refractivity contribution in [1.82, 2.24) is 0 Å². The summed E-state index contributed by atoms with van der Waals surface area (Å²) < 4.78 is 39.7. The molecule has 0 saturated carbocycles. The molecule has 1 aromatic heterocycles. The number of halogens is 1. The lowest BCUT2D eigenvalue weighted by Crippen LogP contribution is -2.15. The van der Waals surface area contributed by atoms with Crippen LogP contribution >= 0.6 is 11.3 Å². The molecule has 0 bridgehead atoms. The highest BCUT2D eigenvalue weighted by atomic mass is 32.2. The molecule has 0 atom stereocenters. The van der Waals surface area contributed by atoms with Gasteiger partial charge >= 0.3 is 0 Å². The van der Waals surface area contributed by atoms with Crippen LogP contribution in [0.3, 0.4) is 0 Å². The predicted molar refractivity (Wildman–Crippen MR) is 69.4 cm³/mol. The SMILES string of the molecule is NCc1sccc1S(=O)(=O)Nc1ccccc1F. The van der Waals surface area contributed by atoms with Crippen LogP contribution in [0.2, 0.25) is 0 Å². The van der Waals surface area contributed by atoms with Gasteiger partial charge in [-0.15, -0.1) is 11.3 Å². The fourth-order valence-electron chi connectivity index (χ4n) is 1.46. The van der Waals surface area contributed by atoms with Crippen LogP contribution in [0, 0.1) is 5.82 Å². The smallest absolute Gasteiger partial charge is 0.263 e. The first kappa shape index (κ1) is 13.0. The van der Waals surface area contributed by atoms with E-state index < -0.39 is 15.8 Å². The van der Waals surface area contributed by atoms with E-state index in [1.807, 2.05) is 0 Å². The molecule has 18 heavy (non-hydrogen) atoms. The lowest BCUT2D eigenvalue weighted by molar-refractivity contribution is 0.598. The quantitative estimate of drug-likeness (QED) is 0.904. The molecule has 0 fully saturated rings. The van der Waals surface area contributed by atoms with E-state index in [-0.39, 0.29) is 17.1 Å². The van der Waals surface area contributed by atoms with Gasteiger partial charge in [0, 0.05) is 11.4 Å². The van der Waals surface area contributed by atoms with Gasteiger partial charge < -0.3 is 5.73 Å². The van der Waals surface area contributed by atoms with Crippen molar-refractivity contribution in [3.63, 3.8) is 0 Å². The molecule has 7 heteroatoms. The maximum atomic E-state index is 13.4. The highest BCUT2D eigenvalue weighted by Gasteiger charge is 2.20. The Hall–Kier alpha value is -1.44. The molecule has 2 aromatic rings. The number of hydrogen-bond acceptors (Lipinski definition) is 4. The van der Waals surface area contributed by atoms with Crippen molar-refractivity contribution in [2.45, 2.75) is 11.4 Å². The zero-order valence-electron chi connectivity index (χ0n) is 9.26. The van der Waals surface area contributed by atoms with Crippen molar-refractivity contribution in [3.8, 4) is 0 Å². The molecule has 0 amide bonds. The first-order valence-corrected chi connectivity index (χ1v) is 7.44. The van der Waals surface area contributed by atoms with Gasteiger partial charge in [-0.2, -0.15) is 0 Å². The average molecular weight is 286 g/mol. The third-order valence-electron chi connectivity index (χ3n) is 2.30. The van der Waals surface area contributed by atoms with E-state index in [2.05, 4.69) is 4.72 Å². The molecule has 0 aliphatic rings. The minimum Gasteiger partial charge on any atom is -0.326 e. The molecule has 1 aromatic carbocycles. The molecule has 0 unspecified atom stereocenters. The Morgan fingerprint density at radius 3 is 2.67 bits per heavy atom. The summed E-state index contributed by atoms with van der Waals surface area (Å²) in [7, 11) is -3.79. The molecule has 0 spiro atoms. The van der Waals surface area contributed by atoms with E-state index in [0.717, 1.165) is 0 Å². The van der Waals surface area contributed by atoms with Crippen molar-refractivity contribution in [2.24, 2.45) is 5.73 Å². The van der Waals surface area contributed by atoms with E-state index in [1.54, 1.807) is 11.4 Å². The molecule has 96 valence electrons. The summed E-state index contributed by atoms with van der Waals surface area (Å²) in [5.41, 5.74) is 5.38. The van der Waals surface area contributed by atoms with Crippen molar-refractivity contribution in [2.75, 3.05) is 4.72 Å². The van der Waals surface area contributed by atoms with Gasteiger partial charge in [0.2, 0.25) is 0 Å². The minimum absolute atomic E-state index is 0.0772. The topological polar surface area (TPSA) is 72.2 Å². The van der Waals surface area contributed by atoms with Gasteiger partial charge in [-0.1, -0.05) is 12.1 Å². The summed E-state index contributed by atoms with van der Waals surface area (Å²) in [6, 6.07) is 7.05. The highest BCUT2D eigenvalue weighted by Crippen LogP contribution is 2.24. The Bertz CT molecular complexity index is 653. The second kappa shape index (κ2) is 5.05. The van der Waals surface area contributed by atoms with Gasteiger partial charge in [0.05, 0.1) is 5.69 Å². The number of nitrogens with one attached hydrogen (secondary N) is 1. The standard InChI is InChI=1S/C11H11FN2O2S2/c12-8-3-1-2-4-9(8)14-18(15,16)11-5-6-17-10(11)7-13/h1-6,14H,7,13H2. The summed E-state index contributed by atoms with van der Waals surface area (Å²) in [5.74, 6) is -0.620. The lowest BCUT2D eigenvalue weighted by atomic mass is 10.3. The number of rotatable bonds is 4. The molecule has 0 aliphatic heterocycles. The Morgan fingerprint density at radius 2 is 2.00 bits per heavy atom. The van der Waals surface area contributed by atoms with E-state index >= 15 is 0 Å². The second-order valence-electron chi connectivity index (χ2n) is 3.50. The van der Waals surface area contributed by atoms with E-state index in [4.69, 9.17) is 5.73 Å². The van der Waals surface area contributed by atoms with Crippen LogP contribution in [0.4, 0.5) is 10.1 Å². The molecular formula is C11H11FN2O2S2. The summed E-state index contributed by atoms with van der Waals surface area (Å²) >= 11 is 1.25. The van der Waals surface area contributed by atoms with Crippen LogP contribution in [-0.4, -0.2) is 8.42 Å². The van der Waals surface area contributed by atoms with Crippen molar-refractivity contribution in [1.29, 1.82) is 0 Å². The average Bonchev–Trinajstić information content (AvgIpc) is 2.81. The Kier molecular flexibility index (Phi) is 3.65. The fraction of sp³-hybridized carbons (Fsp3) is 0.0909. The number of sulfonamides is 1. The number of thiophene rings is 1. The number of benzene rings is 1. The van der Waals surface area contributed by atoms with Gasteiger partial charge in [-0.05, 0) is 23.6 Å². The number of para-hydroxylation sites is 1. The van der Waals surface area contributed by atoms with Crippen molar-refractivity contribution < 1.29 is 12.8 Å². The van der Waals surface area contributed by atoms with Crippen LogP contribution in [0.25, 0.3) is 0 Å². The molecule has 1 heterocycles. The van der Waals surface area contributed by atoms with Crippen LogP contribution in [-0.2, 0) is 16.6 Å². The largest absolute Gasteiger partial charge is 0.326 e. The molecule has 0 saturated heterocycles. The summed E-state index contributed by atoms with van der Waals surface area (Å²) in [5, 5.41) is 1.64. The van der Waals surface area contributed by atoms with E-state index in [0.29, 0.717) is 4.88 Å². The third kappa shape index (κ3) is 2.53. The van der Waals surface area contributed by atoms with E-state index in [9.17, 15) is 12.8 Å². The zero-order chi connectivity index (χ0) is 13.2. The molecular weight excluding hydrogens is 275 g/mol. The van der Waals surface area contributed by atoms with Gasteiger partial charge in [0.25, 0.3) is 10.0 Å². The van der Waals surface area contributed by atoms with Gasteiger partial charge in [-0.25, -0.2) is 12.8 Å². The summed E-state index contributed by atoms with van der Waals surface area (Å²) in [4.78, 5) is 0.636. The van der Waals surface area contributed by atoms with Crippen LogP contribution < -0.4 is 10.5 Å². The maximum absolute atomic E-state index is 13.4. The van der Waals surface area contributed by atoms with Crippen molar-refractivity contribution in [3.05, 3.63) is 46.4 Å². The second-order valence-corrected chi connectivity index (χ2v) is 6.15. The minimum atomic E-state index is -3.79. The first-order chi connectivity index (χ1) is 8.54. The molecule has 4 nitrogen and oxygen atoms in total. The Morgan fingerprint density at radius 1 is 1.28 bits per heavy atom. The zero-order valence-corrected chi connectivity index (χ0v) is 10.9. The number of nitrogens with two attached hydrogens (primary N) is 1. The number of anilines is 1. The monoisotopic (exact) mass is 286 g/mol. The van der Waals surface area contributed by atoms with Gasteiger partial charge in [0.1, 0.15) is 10.7 Å². The Labute approximate surface area is 108 Å². The van der Waals surface area contributed by atoms with Gasteiger partial charge in [-0.3, -0.25) is 4.72 Å². The van der Waals surface area contributed by atoms with Crippen LogP contribution in [0.5, 0.6) is 0 Å². The maximum Gasteiger partial charge on any atom is 0.263 e. The first-order valence-electron chi connectivity index (χ1n) is 5.08. The Balaban J connectivity index is 2.37. The summed E-state index contributed by atoms with van der Waals surface area (Å²) in [6.07, 6.45) is 0. The lowest BCUT2D eigenvalue weighted by Gasteiger charge is -2.08. The molecule has 3 N–H and O–H groups in total. The molecule has 2 rings (SSSR count). The molecule has 0 radical (unpaired) electrons. The highest BCUT2D eigenvalue weighted by molar-refractivity contribution is 7.93. The van der Waals surface area contributed by atoms with Gasteiger partial charge in [0.15, 0.2) is 0 Å². The van der Waals surface area contributed by atoms with E-state index in [1.165, 1.54) is 35.6 Å². The van der Waals surface area contributed by atoms with Crippen LogP contribution in [0.1, 0.15) is 4.88 Å². The summed E-state index contributed by atoms with van der Waals surface area (Å²) in [6.45, 7) is 0.130. The van der Waals surface area contributed by atoms with Crippen LogP contribution in [0.15, 0.2) is 40.6 Å². The number of hydrogen-bond donors (Lipinski definition) is 2. The third-order valence-corrected chi connectivity index (χ3v) is 4.82. The molecule has 0 aliphatic carbocycles. The predicted octanol–water partition coefficient (Wildman–Crippen LogP) is 2.15. The van der Waals surface area contributed by atoms with Crippen molar-refractivity contribution >= 4 is 27.0 Å². The normalized spacial score (nSPS) is 11.4.